The number of nitrogens with zero attached hydrogens (tertiary/aromatic N) is 4. The summed E-state index contributed by atoms with van der Waals surface area (Å²) >= 11 is 7.28. The molecule has 1 aromatic heterocycles. The molecule has 2 N–H and O–H groups in total. The molecule has 3 rings (SSSR count). The number of nitrogens with two attached hydrogens (primary N) is 1. The molecule has 8 heteroatoms. The van der Waals surface area contributed by atoms with Crippen LogP contribution in [-0.2, 0) is 4.79 Å². The van der Waals surface area contributed by atoms with Crippen molar-refractivity contribution in [3.8, 4) is 11.4 Å². The average Bonchev–Trinajstić information content (AvgIpc) is 3.01. The standard InChI is InChI=1S/C18H18ClN5OS/c1-12(17(25)23(2)15-9-4-3-5-10-15)26-18-22-21-16(24(18)20)13-7-6-8-14(19)11-13/h3-12H,20H2,1-2H3. The van der Waals surface area contributed by atoms with Gasteiger partial charge in [0.15, 0.2) is 5.82 Å². The van der Waals surface area contributed by atoms with E-state index in [0.29, 0.717) is 16.0 Å². The summed E-state index contributed by atoms with van der Waals surface area (Å²) in [5.41, 5.74) is 1.60. The Morgan fingerprint density at radius 2 is 1.92 bits per heavy atom. The first-order chi connectivity index (χ1) is 12.5. The zero-order valence-corrected chi connectivity index (χ0v) is 15.9. The van der Waals surface area contributed by atoms with E-state index in [4.69, 9.17) is 17.4 Å². The van der Waals surface area contributed by atoms with Gasteiger partial charge in [-0.2, -0.15) is 0 Å². The van der Waals surface area contributed by atoms with Crippen molar-refractivity contribution in [2.24, 2.45) is 0 Å². The Morgan fingerprint density at radius 1 is 1.19 bits per heavy atom. The van der Waals surface area contributed by atoms with Crippen molar-refractivity contribution in [2.45, 2.75) is 17.3 Å². The number of anilines is 1. The maximum Gasteiger partial charge on any atom is 0.240 e. The van der Waals surface area contributed by atoms with Crippen LogP contribution in [0.5, 0.6) is 0 Å². The summed E-state index contributed by atoms with van der Waals surface area (Å²) in [7, 11) is 1.75. The van der Waals surface area contributed by atoms with E-state index in [1.807, 2.05) is 49.4 Å². The van der Waals surface area contributed by atoms with Crippen LogP contribution in [-0.4, -0.2) is 33.1 Å². The second-order valence-electron chi connectivity index (χ2n) is 5.68. The zero-order valence-electron chi connectivity index (χ0n) is 14.3. The number of carbonyl (C=O) groups is 1. The number of carbonyl (C=O) groups excluding carboxylic acids is 1. The molecule has 0 spiro atoms. The van der Waals surface area contributed by atoms with E-state index in [1.165, 1.54) is 16.4 Å². The molecule has 0 saturated heterocycles. The van der Waals surface area contributed by atoms with E-state index < -0.39 is 0 Å². The van der Waals surface area contributed by atoms with Crippen LogP contribution in [0.2, 0.25) is 5.02 Å². The van der Waals surface area contributed by atoms with Crippen molar-refractivity contribution < 1.29 is 4.79 Å². The molecule has 1 atom stereocenters. The molecule has 26 heavy (non-hydrogen) atoms. The van der Waals surface area contributed by atoms with Gasteiger partial charge in [0.25, 0.3) is 0 Å². The van der Waals surface area contributed by atoms with E-state index in [9.17, 15) is 4.79 Å². The van der Waals surface area contributed by atoms with Crippen molar-refractivity contribution in [3.05, 3.63) is 59.6 Å². The van der Waals surface area contributed by atoms with Crippen LogP contribution in [0.4, 0.5) is 5.69 Å². The molecular weight excluding hydrogens is 370 g/mol. The van der Waals surface area contributed by atoms with Gasteiger partial charge in [0.05, 0.1) is 5.25 Å². The number of nitrogen functional groups attached to an aromatic ring is 1. The van der Waals surface area contributed by atoms with Crippen molar-refractivity contribution in [1.29, 1.82) is 0 Å². The van der Waals surface area contributed by atoms with Crippen LogP contribution in [0.15, 0.2) is 59.8 Å². The number of halogens is 1. The molecule has 0 saturated carbocycles. The van der Waals surface area contributed by atoms with Crippen LogP contribution < -0.4 is 10.7 Å². The largest absolute Gasteiger partial charge is 0.335 e. The molecule has 0 aliphatic heterocycles. The lowest BCUT2D eigenvalue weighted by Gasteiger charge is -2.20. The zero-order chi connectivity index (χ0) is 18.7. The van der Waals surface area contributed by atoms with Gasteiger partial charge < -0.3 is 10.7 Å². The number of aromatic nitrogens is 3. The summed E-state index contributed by atoms with van der Waals surface area (Å²) in [4.78, 5) is 14.3. The number of para-hydroxylation sites is 1. The first kappa shape index (κ1) is 18.3. The van der Waals surface area contributed by atoms with Gasteiger partial charge in [0, 0.05) is 23.3 Å². The Labute approximate surface area is 160 Å². The Balaban J connectivity index is 1.76. The van der Waals surface area contributed by atoms with Gasteiger partial charge in [-0.15, -0.1) is 10.2 Å². The molecule has 134 valence electrons. The molecule has 3 aromatic rings. The van der Waals surface area contributed by atoms with Crippen molar-refractivity contribution in [3.63, 3.8) is 0 Å². The summed E-state index contributed by atoms with van der Waals surface area (Å²) in [6.07, 6.45) is 0. The second kappa shape index (κ2) is 7.80. The fourth-order valence-electron chi connectivity index (χ4n) is 2.44. The SMILES string of the molecule is CC(Sc1nnc(-c2cccc(Cl)c2)n1N)C(=O)N(C)c1ccccc1. The third-order valence-electron chi connectivity index (χ3n) is 3.85. The third-order valence-corrected chi connectivity index (χ3v) is 5.13. The third kappa shape index (κ3) is 3.84. The van der Waals surface area contributed by atoms with Gasteiger partial charge in [-0.05, 0) is 31.2 Å². The average molecular weight is 388 g/mol. The Hall–Kier alpha value is -2.51. The minimum Gasteiger partial charge on any atom is -0.335 e. The van der Waals surface area contributed by atoms with Crippen LogP contribution >= 0.6 is 23.4 Å². The minimum atomic E-state index is -0.376. The van der Waals surface area contributed by atoms with Gasteiger partial charge in [0.1, 0.15) is 0 Å². The summed E-state index contributed by atoms with van der Waals surface area (Å²) in [5.74, 6) is 6.57. The Kier molecular flexibility index (Phi) is 5.49. The highest BCUT2D eigenvalue weighted by Gasteiger charge is 2.23. The van der Waals surface area contributed by atoms with Gasteiger partial charge >= 0.3 is 0 Å². The number of amides is 1. The van der Waals surface area contributed by atoms with Gasteiger partial charge in [-0.3, -0.25) is 4.79 Å². The number of hydrogen-bond donors (Lipinski definition) is 1. The number of thioether (sulfide) groups is 1. The molecule has 1 heterocycles. The van der Waals surface area contributed by atoms with E-state index in [1.54, 1.807) is 24.1 Å². The molecule has 1 unspecified atom stereocenters. The molecule has 0 radical (unpaired) electrons. The highest BCUT2D eigenvalue weighted by atomic mass is 35.5. The maximum atomic E-state index is 12.7. The predicted molar refractivity (Wildman–Crippen MR) is 106 cm³/mol. The fourth-order valence-corrected chi connectivity index (χ4v) is 3.50. The summed E-state index contributed by atoms with van der Waals surface area (Å²) < 4.78 is 1.38. The molecule has 0 bridgehead atoms. The second-order valence-corrected chi connectivity index (χ2v) is 7.42. The molecule has 1 amide bonds. The van der Waals surface area contributed by atoms with E-state index in [-0.39, 0.29) is 11.2 Å². The smallest absolute Gasteiger partial charge is 0.240 e. The number of hydrogen-bond acceptors (Lipinski definition) is 5. The van der Waals surface area contributed by atoms with Gasteiger partial charge in [0.2, 0.25) is 11.1 Å². The van der Waals surface area contributed by atoms with Crippen molar-refractivity contribution >= 4 is 35.0 Å². The fraction of sp³-hybridized carbons (Fsp3) is 0.167. The first-order valence-electron chi connectivity index (χ1n) is 7.93. The molecule has 2 aromatic carbocycles. The van der Waals surface area contributed by atoms with Crippen LogP contribution in [0, 0.1) is 0 Å². The predicted octanol–water partition coefficient (Wildman–Crippen LogP) is 3.46. The first-order valence-corrected chi connectivity index (χ1v) is 9.19. The summed E-state index contributed by atoms with van der Waals surface area (Å²) in [6.45, 7) is 1.82. The highest BCUT2D eigenvalue weighted by molar-refractivity contribution is 8.00. The summed E-state index contributed by atoms with van der Waals surface area (Å²) in [6, 6.07) is 16.7. The van der Waals surface area contributed by atoms with Crippen LogP contribution in [0.3, 0.4) is 0 Å². The lowest BCUT2D eigenvalue weighted by Crippen LogP contribution is -2.33. The number of rotatable bonds is 5. The van der Waals surface area contributed by atoms with E-state index >= 15 is 0 Å². The lowest BCUT2D eigenvalue weighted by molar-refractivity contribution is -0.117. The molecule has 0 aliphatic carbocycles. The van der Waals surface area contributed by atoms with Crippen LogP contribution in [0.25, 0.3) is 11.4 Å². The van der Waals surface area contributed by atoms with Crippen molar-refractivity contribution in [2.75, 3.05) is 17.8 Å². The topological polar surface area (TPSA) is 77.0 Å². The molecule has 0 fully saturated rings. The normalized spacial score (nSPS) is 12.0. The van der Waals surface area contributed by atoms with Crippen LogP contribution in [0.1, 0.15) is 6.92 Å². The quantitative estimate of drug-likeness (QED) is 0.536. The Bertz CT molecular complexity index is 915. The maximum absolute atomic E-state index is 12.7. The summed E-state index contributed by atoms with van der Waals surface area (Å²) in [5, 5.41) is 8.91. The van der Waals surface area contributed by atoms with E-state index in [0.717, 1.165) is 11.3 Å². The van der Waals surface area contributed by atoms with Crippen molar-refractivity contribution in [1.82, 2.24) is 14.9 Å². The van der Waals surface area contributed by atoms with Gasteiger partial charge in [-0.1, -0.05) is 53.7 Å². The van der Waals surface area contributed by atoms with Gasteiger partial charge in [-0.25, -0.2) is 4.68 Å². The lowest BCUT2D eigenvalue weighted by atomic mass is 10.2. The molecule has 6 nitrogen and oxygen atoms in total. The molecule has 0 aliphatic rings. The van der Waals surface area contributed by atoms with E-state index in [2.05, 4.69) is 10.2 Å². The number of benzene rings is 2. The Morgan fingerprint density at radius 3 is 2.62 bits per heavy atom. The highest BCUT2D eigenvalue weighted by Crippen LogP contribution is 2.27. The minimum absolute atomic E-state index is 0.0477. The molecular formula is C18H18ClN5OS. The monoisotopic (exact) mass is 387 g/mol.